The summed E-state index contributed by atoms with van der Waals surface area (Å²) in [6.07, 6.45) is -0.0287. The van der Waals surface area contributed by atoms with Crippen LogP contribution in [-0.4, -0.2) is 47.1 Å². The van der Waals surface area contributed by atoms with Gasteiger partial charge in [-0.3, -0.25) is 14.4 Å². The van der Waals surface area contributed by atoms with Gasteiger partial charge < -0.3 is 14.8 Å². The molecule has 0 aliphatic rings. The Bertz CT molecular complexity index is 427. The second kappa shape index (κ2) is 10.9. The van der Waals surface area contributed by atoms with Gasteiger partial charge in [-0.25, -0.2) is 0 Å². The molecule has 0 atom stereocenters. The van der Waals surface area contributed by atoms with Gasteiger partial charge in [-0.2, -0.15) is 0 Å². The van der Waals surface area contributed by atoms with Crippen LogP contribution in [0.3, 0.4) is 0 Å². The number of nitrogens with one attached hydrogen (secondary N) is 1. The Morgan fingerprint density at radius 1 is 0.958 bits per heavy atom. The van der Waals surface area contributed by atoms with Crippen molar-refractivity contribution < 1.29 is 23.9 Å². The van der Waals surface area contributed by atoms with E-state index in [2.05, 4.69) is 26.1 Å². The van der Waals surface area contributed by atoms with Crippen molar-refractivity contribution in [3.05, 3.63) is 0 Å². The lowest BCUT2D eigenvalue weighted by Crippen LogP contribution is -2.31. The summed E-state index contributed by atoms with van der Waals surface area (Å²) in [6, 6.07) is 0. The van der Waals surface area contributed by atoms with Crippen molar-refractivity contribution in [2.24, 2.45) is 0 Å². The van der Waals surface area contributed by atoms with E-state index in [9.17, 15) is 14.4 Å². The molecular weight excluding hydrogens is 350 g/mol. The number of amides is 1. The summed E-state index contributed by atoms with van der Waals surface area (Å²) >= 11 is 0. The van der Waals surface area contributed by atoms with Crippen LogP contribution in [0.1, 0.15) is 54.4 Å². The van der Waals surface area contributed by atoms with Crippen LogP contribution in [0.2, 0.25) is 0 Å². The maximum atomic E-state index is 11.6. The van der Waals surface area contributed by atoms with Gasteiger partial charge in [0.05, 0.1) is 6.42 Å². The van der Waals surface area contributed by atoms with E-state index < -0.39 is 17.5 Å². The fourth-order valence-electron chi connectivity index (χ4n) is 1.33. The third-order valence-corrected chi connectivity index (χ3v) is 5.45. The molecular formula is C16H29NO5S2. The maximum absolute atomic E-state index is 11.6. The molecule has 0 fully saturated rings. The van der Waals surface area contributed by atoms with Gasteiger partial charge in [0.1, 0.15) is 18.8 Å². The average Bonchev–Trinajstić information content (AvgIpc) is 2.39. The standard InChI is InChI=1S/C16H29NO5S2/c1-15(2,3)22-13(19)8-7-12(18)17-11-14(20)21-9-10-23-24-16(4,5)6/h7-11H2,1-6H3,(H,17,18). The van der Waals surface area contributed by atoms with Crippen LogP contribution in [0.15, 0.2) is 0 Å². The molecule has 0 radical (unpaired) electrons. The second-order valence-electron chi connectivity index (χ2n) is 7.10. The molecule has 8 heteroatoms. The SMILES string of the molecule is CC(C)(C)OC(=O)CCC(=O)NCC(=O)OCCSSC(C)(C)C. The summed E-state index contributed by atoms with van der Waals surface area (Å²) in [4.78, 5) is 34.5. The number of carbonyl (C=O) groups excluding carboxylic acids is 3. The molecule has 0 spiro atoms. The molecule has 0 bridgehead atoms. The van der Waals surface area contributed by atoms with E-state index in [-0.39, 0.29) is 30.0 Å². The van der Waals surface area contributed by atoms with Gasteiger partial charge >= 0.3 is 11.9 Å². The minimum Gasteiger partial charge on any atom is -0.463 e. The van der Waals surface area contributed by atoms with E-state index in [0.717, 1.165) is 0 Å². The molecule has 1 amide bonds. The Kier molecular flexibility index (Phi) is 10.5. The molecule has 0 aromatic heterocycles. The van der Waals surface area contributed by atoms with E-state index in [1.54, 1.807) is 42.4 Å². The highest BCUT2D eigenvalue weighted by molar-refractivity contribution is 8.77. The topological polar surface area (TPSA) is 81.7 Å². The van der Waals surface area contributed by atoms with Crippen LogP contribution in [0.4, 0.5) is 0 Å². The largest absolute Gasteiger partial charge is 0.463 e. The third-order valence-electron chi connectivity index (χ3n) is 2.14. The van der Waals surface area contributed by atoms with Gasteiger partial charge in [-0.05, 0) is 20.8 Å². The fourth-order valence-corrected chi connectivity index (χ4v) is 3.43. The molecule has 0 saturated heterocycles. The van der Waals surface area contributed by atoms with Gasteiger partial charge in [0.25, 0.3) is 0 Å². The monoisotopic (exact) mass is 379 g/mol. The maximum Gasteiger partial charge on any atom is 0.325 e. The molecule has 140 valence electrons. The number of hydrogen-bond acceptors (Lipinski definition) is 7. The van der Waals surface area contributed by atoms with Crippen molar-refractivity contribution in [3.63, 3.8) is 0 Å². The highest BCUT2D eigenvalue weighted by Crippen LogP contribution is 2.34. The molecule has 0 aromatic rings. The summed E-state index contributed by atoms with van der Waals surface area (Å²) in [7, 11) is 3.37. The van der Waals surface area contributed by atoms with E-state index >= 15 is 0 Å². The van der Waals surface area contributed by atoms with Crippen molar-refractivity contribution in [2.75, 3.05) is 18.9 Å². The number of carbonyl (C=O) groups is 3. The minimum atomic E-state index is -0.569. The average molecular weight is 380 g/mol. The molecule has 0 unspecified atom stereocenters. The normalized spacial score (nSPS) is 11.8. The molecule has 0 aliphatic carbocycles. The van der Waals surface area contributed by atoms with Gasteiger partial charge in [0, 0.05) is 16.9 Å². The Hall–Kier alpha value is -0.890. The van der Waals surface area contributed by atoms with Crippen LogP contribution >= 0.6 is 21.6 Å². The zero-order valence-electron chi connectivity index (χ0n) is 15.4. The Labute approximate surface area is 152 Å². The highest BCUT2D eigenvalue weighted by Gasteiger charge is 2.17. The number of rotatable bonds is 9. The van der Waals surface area contributed by atoms with Crippen LogP contribution < -0.4 is 5.32 Å². The van der Waals surface area contributed by atoms with Crippen LogP contribution in [0.25, 0.3) is 0 Å². The van der Waals surface area contributed by atoms with Crippen molar-refractivity contribution in [3.8, 4) is 0 Å². The molecule has 1 N–H and O–H groups in total. The molecule has 0 rings (SSSR count). The zero-order chi connectivity index (χ0) is 18.8. The van der Waals surface area contributed by atoms with Crippen molar-refractivity contribution in [2.45, 2.75) is 64.7 Å². The van der Waals surface area contributed by atoms with E-state index in [1.165, 1.54) is 0 Å². The van der Waals surface area contributed by atoms with Crippen LogP contribution in [-0.2, 0) is 23.9 Å². The van der Waals surface area contributed by atoms with Gasteiger partial charge in [0.2, 0.25) is 5.91 Å². The zero-order valence-corrected chi connectivity index (χ0v) is 17.0. The number of esters is 2. The Balaban J connectivity index is 3.72. The van der Waals surface area contributed by atoms with E-state index in [0.29, 0.717) is 12.4 Å². The van der Waals surface area contributed by atoms with E-state index in [4.69, 9.17) is 9.47 Å². The lowest BCUT2D eigenvalue weighted by Gasteiger charge is -2.19. The molecule has 0 heterocycles. The third kappa shape index (κ3) is 16.0. The van der Waals surface area contributed by atoms with Crippen molar-refractivity contribution >= 4 is 39.4 Å². The first-order valence-corrected chi connectivity index (χ1v) is 10.2. The Morgan fingerprint density at radius 2 is 1.58 bits per heavy atom. The molecule has 0 aromatic carbocycles. The molecule has 0 aliphatic heterocycles. The molecule has 24 heavy (non-hydrogen) atoms. The first-order chi connectivity index (χ1) is 10.9. The van der Waals surface area contributed by atoms with Crippen LogP contribution in [0.5, 0.6) is 0 Å². The predicted octanol–water partition coefficient (Wildman–Crippen LogP) is 2.95. The first kappa shape index (κ1) is 23.1. The van der Waals surface area contributed by atoms with Crippen molar-refractivity contribution in [1.29, 1.82) is 0 Å². The van der Waals surface area contributed by atoms with Crippen molar-refractivity contribution in [1.82, 2.24) is 5.32 Å². The Morgan fingerprint density at radius 3 is 2.12 bits per heavy atom. The fraction of sp³-hybridized carbons (Fsp3) is 0.812. The summed E-state index contributed by atoms with van der Waals surface area (Å²) in [5.74, 6) is -0.605. The number of hydrogen-bond donors (Lipinski definition) is 1. The van der Waals surface area contributed by atoms with Gasteiger partial charge in [-0.1, -0.05) is 42.4 Å². The highest BCUT2D eigenvalue weighted by atomic mass is 33.1. The summed E-state index contributed by atoms with van der Waals surface area (Å²) in [5.41, 5.74) is -0.569. The molecule has 0 saturated carbocycles. The number of ether oxygens (including phenoxy) is 2. The smallest absolute Gasteiger partial charge is 0.325 e. The predicted molar refractivity (Wildman–Crippen MR) is 98.8 cm³/mol. The molecule has 6 nitrogen and oxygen atoms in total. The van der Waals surface area contributed by atoms with Gasteiger partial charge in [-0.15, -0.1) is 0 Å². The van der Waals surface area contributed by atoms with Gasteiger partial charge in [0.15, 0.2) is 0 Å². The second-order valence-corrected chi connectivity index (χ2v) is 10.3. The summed E-state index contributed by atoms with van der Waals surface area (Å²) < 4.78 is 10.3. The van der Waals surface area contributed by atoms with E-state index in [1.807, 2.05) is 0 Å². The summed E-state index contributed by atoms with van der Waals surface area (Å²) in [5, 5.41) is 2.43. The van der Waals surface area contributed by atoms with Crippen LogP contribution in [0, 0.1) is 0 Å². The first-order valence-electron chi connectivity index (χ1n) is 7.84. The quantitative estimate of drug-likeness (QED) is 0.375. The summed E-state index contributed by atoms with van der Waals surface area (Å²) in [6.45, 7) is 11.7. The lowest BCUT2D eigenvalue weighted by atomic mass is 10.2. The lowest BCUT2D eigenvalue weighted by molar-refractivity contribution is -0.155. The minimum absolute atomic E-state index is 0.0136.